The molecule has 7 nitrogen and oxygen atoms in total. The fourth-order valence-corrected chi connectivity index (χ4v) is 4.41. The lowest BCUT2D eigenvalue weighted by molar-refractivity contribution is -0.115. The average Bonchev–Trinajstić information content (AvgIpc) is 3.40. The van der Waals surface area contributed by atoms with Crippen LogP contribution in [0.15, 0.2) is 64.6 Å². The number of hydrogen-bond donors (Lipinski definition) is 1. The second-order valence-electron chi connectivity index (χ2n) is 6.41. The summed E-state index contributed by atoms with van der Waals surface area (Å²) < 4.78 is 2.52. The fraction of sp³-hybridized carbons (Fsp3) is 0.150. The minimum absolute atomic E-state index is 0.0967. The van der Waals surface area contributed by atoms with Gasteiger partial charge in [-0.1, -0.05) is 41.6 Å². The lowest BCUT2D eigenvalue weighted by Gasteiger charge is -2.05. The summed E-state index contributed by atoms with van der Waals surface area (Å²) in [6.07, 6.45) is 1.76. The molecule has 0 unspecified atom stereocenters. The number of nitrogens with zero attached hydrogens (tertiary/aromatic N) is 5. The van der Waals surface area contributed by atoms with Crippen LogP contribution in [0.4, 0.5) is 5.69 Å². The second-order valence-corrected chi connectivity index (χ2v) is 8.49. The molecule has 0 atom stereocenters. The SMILES string of the molecule is Cc1ccc(CSc2nc(CC(=O)Nc3ccc(-n4cnnn4)cc3)cs2)cc1. The van der Waals surface area contributed by atoms with Crippen LogP contribution in [-0.2, 0) is 17.0 Å². The number of anilines is 1. The molecule has 0 aliphatic rings. The van der Waals surface area contributed by atoms with Gasteiger partial charge in [-0.05, 0) is 47.2 Å². The zero-order valence-corrected chi connectivity index (χ0v) is 17.3. The van der Waals surface area contributed by atoms with E-state index in [0.717, 1.165) is 27.2 Å². The molecule has 0 radical (unpaired) electrons. The van der Waals surface area contributed by atoms with Crippen molar-refractivity contribution >= 4 is 34.7 Å². The standard InChI is InChI=1S/C20H18N6OS2/c1-14-2-4-15(5-3-14)11-28-20-23-17(12-29-20)10-19(27)22-16-6-8-18(9-7-16)26-13-21-24-25-26/h2-9,12-13H,10-11H2,1H3,(H,22,27). The largest absolute Gasteiger partial charge is 0.326 e. The number of benzene rings is 2. The predicted octanol–water partition coefficient (Wildman–Crippen LogP) is 3.90. The van der Waals surface area contributed by atoms with Crippen LogP contribution in [0, 0.1) is 6.92 Å². The summed E-state index contributed by atoms with van der Waals surface area (Å²) in [6, 6.07) is 15.8. The van der Waals surface area contributed by atoms with Crippen molar-refractivity contribution in [1.82, 2.24) is 25.2 Å². The lowest BCUT2D eigenvalue weighted by atomic mass is 10.2. The Bertz CT molecular complexity index is 1080. The van der Waals surface area contributed by atoms with Gasteiger partial charge in [0.2, 0.25) is 5.91 Å². The maximum atomic E-state index is 12.3. The topological polar surface area (TPSA) is 85.6 Å². The molecular formula is C20H18N6OS2. The van der Waals surface area contributed by atoms with E-state index in [2.05, 4.69) is 57.0 Å². The number of carbonyl (C=O) groups is 1. The van der Waals surface area contributed by atoms with Crippen LogP contribution in [0.25, 0.3) is 5.69 Å². The van der Waals surface area contributed by atoms with Gasteiger partial charge in [-0.3, -0.25) is 4.79 Å². The first-order chi connectivity index (χ1) is 14.2. The summed E-state index contributed by atoms with van der Waals surface area (Å²) in [5.74, 6) is 0.771. The molecule has 0 aliphatic heterocycles. The third-order valence-corrected chi connectivity index (χ3v) is 6.26. The van der Waals surface area contributed by atoms with Crippen molar-refractivity contribution in [1.29, 1.82) is 0 Å². The summed E-state index contributed by atoms with van der Waals surface area (Å²) >= 11 is 3.26. The van der Waals surface area contributed by atoms with Gasteiger partial charge in [-0.15, -0.1) is 16.4 Å². The number of tetrazole rings is 1. The molecule has 1 N–H and O–H groups in total. The molecule has 0 spiro atoms. The van der Waals surface area contributed by atoms with E-state index in [4.69, 9.17) is 0 Å². The highest BCUT2D eigenvalue weighted by Gasteiger charge is 2.09. The molecule has 1 amide bonds. The van der Waals surface area contributed by atoms with Gasteiger partial charge in [-0.25, -0.2) is 9.67 Å². The Hall–Kier alpha value is -3.04. The Morgan fingerprint density at radius 3 is 2.66 bits per heavy atom. The summed E-state index contributed by atoms with van der Waals surface area (Å²) in [5.41, 5.74) is 4.84. The number of aryl methyl sites for hydroxylation is 1. The van der Waals surface area contributed by atoms with Gasteiger partial charge in [-0.2, -0.15) is 0 Å². The summed E-state index contributed by atoms with van der Waals surface area (Å²) in [4.78, 5) is 16.9. The Kier molecular flexibility index (Phi) is 5.97. The van der Waals surface area contributed by atoms with E-state index in [1.807, 2.05) is 29.6 Å². The molecule has 29 heavy (non-hydrogen) atoms. The third kappa shape index (κ3) is 5.27. The Balaban J connectivity index is 1.29. The number of aromatic nitrogens is 5. The van der Waals surface area contributed by atoms with Crippen LogP contribution in [0.1, 0.15) is 16.8 Å². The maximum absolute atomic E-state index is 12.3. The van der Waals surface area contributed by atoms with E-state index in [9.17, 15) is 4.79 Å². The molecule has 4 rings (SSSR count). The maximum Gasteiger partial charge on any atom is 0.230 e. The molecule has 2 aromatic heterocycles. The Morgan fingerprint density at radius 2 is 1.93 bits per heavy atom. The van der Waals surface area contributed by atoms with Crippen molar-refractivity contribution in [3.05, 3.63) is 77.1 Å². The molecular weight excluding hydrogens is 404 g/mol. The first-order valence-electron chi connectivity index (χ1n) is 8.92. The average molecular weight is 423 g/mol. The van der Waals surface area contributed by atoms with Gasteiger partial charge < -0.3 is 5.32 Å². The summed E-state index contributed by atoms with van der Waals surface area (Å²) in [5, 5.41) is 15.9. The van der Waals surface area contributed by atoms with E-state index < -0.39 is 0 Å². The zero-order chi connectivity index (χ0) is 20.1. The van der Waals surface area contributed by atoms with Crippen molar-refractivity contribution in [3.63, 3.8) is 0 Å². The van der Waals surface area contributed by atoms with E-state index in [-0.39, 0.29) is 12.3 Å². The minimum Gasteiger partial charge on any atom is -0.326 e. The van der Waals surface area contributed by atoms with Crippen LogP contribution >= 0.6 is 23.1 Å². The van der Waals surface area contributed by atoms with Crippen LogP contribution in [0.2, 0.25) is 0 Å². The van der Waals surface area contributed by atoms with E-state index in [1.165, 1.54) is 17.5 Å². The predicted molar refractivity (Wildman–Crippen MR) is 114 cm³/mol. The molecule has 146 valence electrons. The highest BCUT2D eigenvalue weighted by molar-refractivity contribution is 8.00. The first-order valence-corrected chi connectivity index (χ1v) is 10.8. The van der Waals surface area contributed by atoms with E-state index in [0.29, 0.717) is 0 Å². The minimum atomic E-state index is -0.0967. The second kappa shape index (κ2) is 8.97. The van der Waals surface area contributed by atoms with E-state index >= 15 is 0 Å². The van der Waals surface area contributed by atoms with Crippen LogP contribution < -0.4 is 5.32 Å². The number of amides is 1. The van der Waals surface area contributed by atoms with Crippen LogP contribution in [0.3, 0.4) is 0 Å². The van der Waals surface area contributed by atoms with Gasteiger partial charge in [0.25, 0.3) is 0 Å². The highest BCUT2D eigenvalue weighted by Crippen LogP contribution is 2.26. The number of hydrogen-bond acceptors (Lipinski definition) is 7. The fourth-order valence-electron chi connectivity index (χ4n) is 2.61. The first kappa shape index (κ1) is 19.3. The molecule has 0 aliphatic carbocycles. The van der Waals surface area contributed by atoms with Crippen LogP contribution in [0.5, 0.6) is 0 Å². The summed E-state index contributed by atoms with van der Waals surface area (Å²) in [6.45, 7) is 2.08. The van der Waals surface area contributed by atoms with Crippen molar-refractivity contribution in [2.24, 2.45) is 0 Å². The monoisotopic (exact) mass is 422 g/mol. The molecule has 0 saturated carbocycles. The van der Waals surface area contributed by atoms with Crippen molar-refractivity contribution in [2.45, 2.75) is 23.4 Å². The van der Waals surface area contributed by atoms with Gasteiger partial charge in [0.05, 0.1) is 17.8 Å². The molecule has 0 fully saturated rings. The van der Waals surface area contributed by atoms with Crippen molar-refractivity contribution in [3.8, 4) is 5.69 Å². The number of carbonyl (C=O) groups excluding carboxylic acids is 1. The molecule has 9 heteroatoms. The number of thiazole rings is 1. The number of nitrogens with one attached hydrogen (secondary N) is 1. The normalized spacial score (nSPS) is 10.8. The van der Waals surface area contributed by atoms with E-state index in [1.54, 1.807) is 27.8 Å². The molecule has 4 aromatic rings. The van der Waals surface area contributed by atoms with Gasteiger partial charge in [0.15, 0.2) is 0 Å². The summed E-state index contributed by atoms with van der Waals surface area (Å²) in [7, 11) is 0. The molecule has 0 saturated heterocycles. The van der Waals surface area contributed by atoms with Gasteiger partial charge in [0, 0.05) is 16.8 Å². The van der Waals surface area contributed by atoms with Gasteiger partial charge in [0.1, 0.15) is 10.7 Å². The molecule has 0 bridgehead atoms. The molecule has 2 heterocycles. The number of rotatable bonds is 7. The number of thioether (sulfide) groups is 1. The van der Waals surface area contributed by atoms with Gasteiger partial charge >= 0.3 is 0 Å². The Labute approximate surface area is 176 Å². The third-order valence-electron chi connectivity index (χ3n) is 4.12. The smallest absolute Gasteiger partial charge is 0.230 e. The zero-order valence-electron chi connectivity index (χ0n) is 15.6. The molecule has 2 aromatic carbocycles. The lowest BCUT2D eigenvalue weighted by Crippen LogP contribution is -2.14. The van der Waals surface area contributed by atoms with Crippen molar-refractivity contribution < 1.29 is 4.79 Å². The Morgan fingerprint density at radius 1 is 1.14 bits per heavy atom. The van der Waals surface area contributed by atoms with Crippen molar-refractivity contribution in [2.75, 3.05) is 5.32 Å². The van der Waals surface area contributed by atoms with Crippen LogP contribution in [-0.4, -0.2) is 31.1 Å². The quantitative estimate of drug-likeness (QED) is 0.455. The highest BCUT2D eigenvalue weighted by atomic mass is 32.2.